The highest BCUT2D eigenvalue weighted by atomic mass is 16.5. The number of fused-ring (bicyclic) bond motifs is 7. The molecule has 2 N–H and O–H groups in total. The second-order valence-corrected chi connectivity index (χ2v) is 12.4. The topological polar surface area (TPSA) is 108 Å². The molecule has 1 saturated heterocycles. The van der Waals surface area contributed by atoms with Gasteiger partial charge in [0.1, 0.15) is 0 Å². The van der Waals surface area contributed by atoms with Gasteiger partial charge in [0.25, 0.3) is 5.91 Å². The van der Waals surface area contributed by atoms with Crippen LogP contribution in [0.1, 0.15) is 55.1 Å². The Kier molecular flexibility index (Phi) is 6.88. The zero-order chi connectivity index (χ0) is 28.8. The number of nitrogens with zero attached hydrogens (tertiary/aromatic N) is 5. The molecule has 1 aliphatic carbocycles. The van der Waals surface area contributed by atoms with Gasteiger partial charge in [0.2, 0.25) is 11.8 Å². The van der Waals surface area contributed by atoms with Crippen LogP contribution < -0.4 is 15.4 Å². The molecule has 1 aromatic carbocycles. The van der Waals surface area contributed by atoms with E-state index in [1.807, 2.05) is 26.1 Å². The molecule has 7 rings (SSSR count). The van der Waals surface area contributed by atoms with Crippen LogP contribution in [0.3, 0.4) is 0 Å². The average Bonchev–Trinajstić information content (AvgIpc) is 3.66. The fourth-order valence-corrected chi connectivity index (χ4v) is 6.31. The van der Waals surface area contributed by atoms with Crippen LogP contribution >= 0.6 is 0 Å². The zero-order valence-electron chi connectivity index (χ0n) is 24.7. The van der Waals surface area contributed by atoms with Crippen molar-refractivity contribution < 1.29 is 14.3 Å². The molecule has 1 saturated carbocycles. The Labute approximate surface area is 245 Å². The number of carbonyl (C=O) groups excluding carboxylic acids is 1. The number of rotatable bonds is 5. The van der Waals surface area contributed by atoms with E-state index in [1.165, 1.54) is 12.8 Å². The van der Waals surface area contributed by atoms with Gasteiger partial charge >= 0.3 is 0 Å². The molecule has 3 aromatic heterocycles. The van der Waals surface area contributed by atoms with Gasteiger partial charge in [-0.25, -0.2) is 9.67 Å². The van der Waals surface area contributed by atoms with Crippen LogP contribution in [0.25, 0.3) is 22.3 Å². The van der Waals surface area contributed by atoms with Gasteiger partial charge in [-0.1, -0.05) is 6.92 Å². The molecule has 220 valence electrons. The van der Waals surface area contributed by atoms with Gasteiger partial charge in [0.15, 0.2) is 0 Å². The molecular formula is C32H39N7O3. The van der Waals surface area contributed by atoms with Gasteiger partial charge in [-0.2, -0.15) is 5.10 Å². The Bertz CT molecular complexity index is 1630. The first-order valence-corrected chi connectivity index (χ1v) is 15.2. The van der Waals surface area contributed by atoms with Crippen LogP contribution in [0.15, 0.2) is 36.5 Å². The number of anilines is 2. The Morgan fingerprint density at radius 1 is 1.12 bits per heavy atom. The number of ether oxygens (including phenoxy) is 2. The molecule has 42 heavy (non-hydrogen) atoms. The summed E-state index contributed by atoms with van der Waals surface area (Å²) in [5.74, 6) is 2.21. The van der Waals surface area contributed by atoms with Crippen LogP contribution in [0.5, 0.6) is 5.88 Å². The third-order valence-corrected chi connectivity index (χ3v) is 9.25. The molecular weight excluding hydrogens is 530 g/mol. The summed E-state index contributed by atoms with van der Waals surface area (Å²) in [5.41, 5.74) is 5.86. The maximum absolute atomic E-state index is 13.7. The zero-order valence-corrected chi connectivity index (χ0v) is 24.7. The molecule has 2 aliphatic heterocycles. The Balaban J connectivity index is 1.26. The van der Waals surface area contributed by atoms with Gasteiger partial charge in [-0.15, -0.1) is 0 Å². The summed E-state index contributed by atoms with van der Waals surface area (Å²) in [5, 5.41) is 11.2. The fourth-order valence-electron chi connectivity index (χ4n) is 6.31. The molecule has 0 spiro atoms. The van der Waals surface area contributed by atoms with Crippen molar-refractivity contribution in [2.75, 3.05) is 37.0 Å². The molecule has 1 atom stereocenters. The van der Waals surface area contributed by atoms with Crippen molar-refractivity contribution >= 4 is 28.6 Å². The minimum absolute atomic E-state index is 0.204. The van der Waals surface area contributed by atoms with Crippen LogP contribution in [0, 0.1) is 24.2 Å². The minimum Gasteiger partial charge on any atom is -0.477 e. The van der Waals surface area contributed by atoms with E-state index in [4.69, 9.17) is 19.4 Å². The second-order valence-electron chi connectivity index (χ2n) is 12.4. The van der Waals surface area contributed by atoms with Crippen LogP contribution in [0.4, 0.5) is 11.6 Å². The van der Waals surface area contributed by atoms with E-state index in [0.717, 1.165) is 73.5 Å². The number of hydrogen-bond acceptors (Lipinski definition) is 7. The molecule has 10 heteroatoms. The van der Waals surface area contributed by atoms with E-state index in [2.05, 4.69) is 45.4 Å². The number of carbonyl (C=O) groups is 1. The maximum atomic E-state index is 13.7. The summed E-state index contributed by atoms with van der Waals surface area (Å²) in [4.78, 5) is 23.4. The first-order chi connectivity index (χ1) is 20.4. The first kappa shape index (κ1) is 26.9. The number of pyridine rings is 1. The van der Waals surface area contributed by atoms with E-state index in [-0.39, 0.29) is 11.3 Å². The smallest absolute Gasteiger partial charge is 0.258 e. The van der Waals surface area contributed by atoms with Crippen molar-refractivity contribution in [3.05, 3.63) is 47.8 Å². The van der Waals surface area contributed by atoms with Crippen LogP contribution in [-0.4, -0.2) is 56.6 Å². The van der Waals surface area contributed by atoms with Gasteiger partial charge in [-0.3, -0.25) is 15.1 Å². The predicted molar refractivity (Wildman–Crippen MR) is 162 cm³/mol. The first-order valence-electron chi connectivity index (χ1n) is 15.2. The Morgan fingerprint density at radius 3 is 2.74 bits per heavy atom. The molecule has 4 aromatic rings. The molecule has 10 nitrogen and oxygen atoms in total. The normalized spacial score (nSPS) is 20.4. The van der Waals surface area contributed by atoms with Gasteiger partial charge in [-0.05, 0) is 81.2 Å². The summed E-state index contributed by atoms with van der Waals surface area (Å²) in [6, 6.07) is 9.98. The number of aromatic nitrogens is 5. The summed E-state index contributed by atoms with van der Waals surface area (Å²) in [6.07, 6.45) is 7.31. The summed E-state index contributed by atoms with van der Waals surface area (Å²) >= 11 is 0. The lowest BCUT2D eigenvalue weighted by molar-refractivity contribution is -0.106. The molecule has 2 bridgehead atoms. The summed E-state index contributed by atoms with van der Waals surface area (Å²) in [7, 11) is 1.87. The third-order valence-electron chi connectivity index (χ3n) is 9.25. The number of aryl methyl sites for hydroxylation is 2. The monoisotopic (exact) mass is 569 g/mol. The second kappa shape index (κ2) is 10.7. The van der Waals surface area contributed by atoms with Crippen LogP contribution in [0.2, 0.25) is 0 Å². The van der Waals surface area contributed by atoms with Crippen molar-refractivity contribution in [3.63, 3.8) is 0 Å². The van der Waals surface area contributed by atoms with Crippen molar-refractivity contribution in [1.29, 1.82) is 0 Å². The fraction of sp³-hybridized carbons (Fsp3) is 0.500. The van der Waals surface area contributed by atoms with E-state index in [0.29, 0.717) is 41.5 Å². The van der Waals surface area contributed by atoms with E-state index in [1.54, 1.807) is 10.9 Å². The largest absolute Gasteiger partial charge is 0.477 e. The third kappa shape index (κ3) is 5.12. The Morgan fingerprint density at radius 2 is 1.98 bits per heavy atom. The highest BCUT2D eigenvalue weighted by Gasteiger charge is 2.36. The molecule has 0 radical (unpaired) electrons. The number of nitrogens with one attached hydrogen (secondary N) is 2. The van der Waals surface area contributed by atoms with Crippen molar-refractivity contribution in [2.45, 2.75) is 52.5 Å². The van der Waals surface area contributed by atoms with Crippen molar-refractivity contribution in [1.82, 2.24) is 24.3 Å². The number of benzene rings is 1. The van der Waals surface area contributed by atoms with E-state index in [9.17, 15) is 4.79 Å². The number of amides is 1. The lowest BCUT2D eigenvalue weighted by Gasteiger charge is -2.41. The lowest BCUT2D eigenvalue weighted by atomic mass is 9.83. The maximum Gasteiger partial charge on any atom is 0.258 e. The number of hydrogen-bond donors (Lipinski definition) is 2. The van der Waals surface area contributed by atoms with Gasteiger partial charge in [0.05, 0.1) is 48.3 Å². The SMILES string of the molecule is CCC1(CNc2ccc3c(c2)nc2n3CC(C3CC3)CCCOc3c(cnn3C)-c3cc(cc(C)n3)C(=O)N2)COC1. The van der Waals surface area contributed by atoms with E-state index >= 15 is 0 Å². The molecule has 2 fully saturated rings. The van der Waals surface area contributed by atoms with Crippen LogP contribution in [-0.2, 0) is 18.3 Å². The quantitative estimate of drug-likeness (QED) is 0.330. The highest BCUT2D eigenvalue weighted by molar-refractivity contribution is 6.05. The molecule has 5 heterocycles. The lowest BCUT2D eigenvalue weighted by Crippen LogP contribution is -2.47. The number of imidazole rings is 1. The molecule has 1 amide bonds. The minimum atomic E-state index is -0.212. The molecule has 1 unspecified atom stereocenters. The average molecular weight is 570 g/mol. The standard InChI is InChI=1S/C32H39N7O3/c1-4-32(18-41-19-32)17-33-24-9-10-28-27(14-24)36-31-37-29(40)23-12-20(2)35-26(13-23)25-15-34-38(3)30(25)42-11-5-6-22(16-39(28)31)21-7-8-21/h9-10,12-15,21-22,33H,4-8,11,16-19H2,1-3H3,(H,36,37,40). The summed E-state index contributed by atoms with van der Waals surface area (Å²) in [6.45, 7) is 7.99. The highest BCUT2D eigenvalue weighted by Crippen LogP contribution is 2.41. The van der Waals surface area contributed by atoms with Gasteiger partial charge in [0, 0.05) is 42.5 Å². The van der Waals surface area contributed by atoms with Crippen molar-refractivity contribution in [3.8, 4) is 17.1 Å². The molecule has 3 aliphatic rings. The van der Waals surface area contributed by atoms with Crippen molar-refractivity contribution in [2.24, 2.45) is 24.3 Å². The van der Waals surface area contributed by atoms with Gasteiger partial charge < -0.3 is 19.4 Å². The Hall–Kier alpha value is -3.92. The summed E-state index contributed by atoms with van der Waals surface area (Å²) < 4.78 is 15.7. The van der Waals surface area contributed by atoms with E-state index < -0.39 is 0 Å². The predicted octanol–water partition coefficient (Wildman–Crippen LogP) is 5.43.